The lowest BCUT2D eigenvalue weighted by Crippen LogP contribution is -2.47. The van der Waals surface area contributed by atoms with Gasteiger partial charge in [0.25, 0.3) is 0 Å². The molecule has 0 radical (unpaired) electrons. The first-order valence-corrected chi connectivity index (χ1v) is 14.6. The molecular weight excluding hydrogens is 538 g/mol. The van der Waals surface area contributed by atoms with E-state index in [1.165, 1.54) is 42.0 Å². The second-order valence-electron chi connectivity index (χ2n) is 11.2. The Morgan fingerprint density at radius 1 is 1.07 bits per heavy atom. The largest absolute Gasteiger partial charge is 0.443 e. The number of sulfonamides is 1. The van der Waals surface area contributed by atoms with Crippen molar-refractivity contribution in [3.8, 4) is 22.8 Å². The topological polar surface area (TPSA) is 115 Å². The van der Waals surface area contributed by atoms with Gasteiger partial charge >= 0.3 is 0 Å². The van der Waals surface area contributed by atoms with E-state index in [0.29, 0.717) is 22.8 Å². The first kappa shape index (κ1) is 27.9. The van der Waals surface area contributed by atoms with Gasteiger partial charge in [-0.05, 0) is 48.4 Å². The molecule has 2 atom stereocenters. The zero-order valence-electron chi connectivity index (χ0n) is 23.1. The lowest BCUT2D eigenvalue weighted by atomic mass is 9.54. The summed E-state index contributed by atoms with van der Waals surface area (Å²) in [6.45, 7) is 8.37. The summed E-state index contributed by atoms with van der Waals surface area (Å²) in [5, 5.41) is 8.84. The van der Waals surface area contributed by atoms with Crippen molar-refractivity contribution in [3.63, 3.8) is 0 Å². The molecule has 0 N–H and O–H groups in total. The van der Waals surface area contributed by atoms with Crippen LogP contribution in [-0.4, -0.2) is 51.2 Å². The number of rotatable bonds is 6. The molecule has 3 aromatic heterocycles. The fraction of sp³-hybridized carbons (Fsp3) is 0.393. The molecule has 210 valence electrons. The number of benzene rings is 1. The van der Waals surface area contributed by atoms with Crippen LogP contribution in [0.1, 0.15) is 62.7 Å². The maximum absolute atomic E-state index is 14.6. The summed E-state index contributed by atoms with van der Waals surface area (Å²) in [4.78, 5) is 13.7. The van der Waals surface area contributed by atoms with Crippen LogP contribution < -0.4 is 0 Å². The van der Waals surface area contributed by atoms with Crippen LogP contribution in [0.4, 0.5) is 8.78 Å². The minimum absolute atomic E-state index is 0.0411. The minimum Gasteiger partial charge on any atom is -0.443 e. The fourth-order valence-corrected chi connectivity index (χ4v) is 5.82. The van der Waals surface area contributed by atoms with Crippen molar-refractivity contribution in [2.45, 2.75) is 52.0 Å². The van der Waals surface area contributed by atoms with Gasteiger partial charge < -0.3 is 4.42 Å². The van der Waals surface area contributed by atoms with Crippen molar-refractivity contribution >= 4 is 10.0 Å². The number of fused-ring (bicyclic) bond motifs is 1. The molecule has 40 heavy (non-hydrogen) atoms. The Hall–Kier alpha value is -3.64. The Morgan fingerprint density at radius 3 is 2.45 bits per heavy atom. The van der Waals surface area contributed by atoms with E-state index in [0.717, 1.165) is 18.2 Å². The first-order chi connectivity index (χ1) is 18.7. The van der Waals surface area contributed by atoms with E-state index in [-0.39, 0.29) is 35.0 Å². The van der Waals surface area contributed by atoms with Gasteiger partial charge in [-0.2, -0.15) is 9.40 Å². The molecule has 1 aromatic carbocycles. The van der Waals surface area contributed by atoms with Crippen LogP contribution in [0.2, 0.25) is 0 Å². The van der Waals surface area contributed by atoms with Crippen molar-refractivity contribution in [1.82, 2.24) is 29.5 Å². The molecule has 0 saturated carbocycles. The van der Waals surface area contributed by atoms with Crippen LogP contribution >= 0.6 is 0 Å². The van der Waals surface area contributed by atoms with Crippen LogP contribution in [-0.2, 0) is 22.0 Å². The maximum atomic E-state index is 14.6. The monoisotopic (exact) mass is 568 g/mol. The zero-order chi connectivity index (χ0) is 29.0. The molecule has 1 aliphatic rings. The molecule has 0 amide bonds. The SMILES string of the molecule is C[C@@H]1CC(C)(C)[C@@](C)(c2cncc(-c3nc(CN(C)S(C)(=O)=O)co3)n2)c2nnc(-c3c(F)cccc3F)cc21. The molecule has 9 nitrogen and oxygen atoms in total. The zero-order valence-corrected chi connectivity index (χ0v) is 23.9. The molecule has 0 unspecified atom stereocenters. The molecule has 0 bridgehead atoms. The molecule has 0 aliphatic heterocycles. The standard InChI is InChI=1S/C28H30F2N6O3S/c1-16-11-27(2,3)28(4,25-18(16)10-21(34-35-25)24-19(29)8-7-9-20(24)30)23-13-31-12-22(33-23)26-32-17(15-39-26)14-36(5)40(6,37)38/h7-10,12-13,15-16H,11,14H2,1-6H3/t16-,28+/m1/s1. The van der Waals surface area contributed by atoms with E-state index in [2.05, 4.69) is 40.9 Å². The molecule has 1 aliphatic carbocycles. The van der Waals surface area contributed by atoms with Crippen molar-refractivity contribution in [1.29, 1.82) is 0 Å². The van der Waals surface area contributed by atoms with Gasteiger partial charge in [-0.15, -0.1) is 5.10 Å². The van der Waals surface area contributed by atoms with Gasteiger partial charge in [0.2, 0.25) is 15.9 Å². The molecule has 0 fully saturated rings. The molecular formula is C28H30F2N6O3S. The van der Waals surface area contributed by atoms with Gasteiger partial charge in [0, 0.05) is 13.2 Å². The van der Waals surface area contributed by atoms with Gasteiger partial charge in [-0.1, -0.05) is 26.8 Å². The highest BCUT2D eigenvalue weighted by Crippen LogP contribution is 2.56. The third-order valence-corrected chi connectivity index (χ3v) is 9.35. The quantitative estimate of drug-likeness (QED) is 0.316. The summed E-state index contributed by atoms with van der Waals surface area (Å²) in [7, 11) is -1.93. The highest BCUT2D eigenvalue weighted by molar-refractivity contribution is 7.88. The Labute approximate surface area is 231 Å². The summed E-state index contributed by atoms with van der Waals surface area (Å²) in [6.07, 6.45) is 6.45. The highest BCUT2D eigenvalue weighted by atomic mass is 32.2. The van der Waals surface area contributed by atoms with E-state index in [9.17, 15) is 17.2 Å². The Kier molecular flexibility index (Phi) is 6.82. The van der Waals surface area contributed by atoms with Crippen molar-refractivity contribution in [3.05, 3.63) is 77.2 Å². The minimum atomic E-state index is -3.39. The third-order valence-electron chi connectivity index (χ3n) is 8.09. The molecule has 3 heterocycles. The smallest absolute Gasteiger partial charge is 0.246 e. The van der Waals surface area contributed by atoms with Crippen LogP contribution in [0, 0.1) is 17.0 Å². The predicted octanol–water partition coefficient (Wildman–Crippen LogP) is 5.10. The van der Waals surface area contributed by atoms with E-state index < -0.39 is 27.1 Å². The maximum Gasteiger partial charge on any atom is 0.246 e. The number of nitrogens with zero attached hydrogens (tertiary/aromatic N) is 6. The predicted molar refractivity (Wildman–Crippen MR) is 144 cm³/mol. The number of aromatic nitrogens is 5. The summed E-state index contributed by atoms with van der Waals surface area (Å²) in [5.41, 5.74) is 1.70. The van der Waals surface area contributed by atoms with Crippen LogP contribution in [0.25, 0.3) is 22.8 Å². The van der Waals surface area contributed by atoms with Gasteiger partial charge in [0.15, 0.2) is 0 Å². The Bertz CT molecular complexity index is 1690. The van der Waals surface area contributed by atoms with E-state index in [1.54, 1.807) is 12.3 Å². The van der Waals surface area contributed by atoms with Crippen LogP contribution in [0.3, 0.4) is 0 Å². The second-order valence-corrected chi connectivity index (χ2v) is 13.3. The summed E-state index contributed by atoms with van der Waals surface area (Å²) in [5.74, 6) is -1.16. The van der Waals surface area contributed by atoms with Gasteiger partial charge in [0.1, 0.15) is 23.6 Å². The summed E-state index contributed by atoms with van der Waals surface area (Å²) in [6, 6.07) is 5.43. The van der Waals surface area contributed by atoms with Gasteiger partial charge in [-0.25, -0.2) is 27.2 Å². The van der Waals surface area contributed by atoms with Gasteiger partial charge in [0.05, 0.1) is 52.8 Å². The number of hydrogen-bond acceptors (Lipinski definition) is 8. The first-order valence-electron chi connectivity index (χ1n) is 12.7. The normalized spacial score (nSPS) is 20.5. The Morgan fingerprint density at radius 2 is 1.77 bits per heavy atom. The molecule has 0 spiro atoms. The van der Waals surface area contributed by atoms with Gasteiger partial charge in [-0.3, -0.25) is 4.98 Å². The molecule has 4 aromatic rings. The molecule has 5 rings (SSSR count). The summed E-state index contributed by atoms with van der Waals surface area (Å²) < 4.78 is 59.5. The van der Waals surface area contributed by atoms with Crippen LogP contribution in [0.15, 0.2) is 47.3 Å². The third kappa shape index (κ3) is 4.68. The number of hydrogen-bond donors (Lipinski definition) is 0. The summed E-state index contributed by atoms with van der Waals surface area (Å²) >= 11 is 0. The second kappa shape index (κ2) is 9.77. The van der Waals surface area contributed by atoms with Crippen LogP contribution in [0.5, 0.6) is 0 Å². The van der Waals surface area contributed by atoms with E-state index >= 15 is 0 Å². The van der Waals surface area contributed by atoms with Crippen molar-refractivity contribution < 1.29 is 21.6 Å². The highest BCUT2D eigenvalue weighted by Gasteiger charge is 2.52. The van der Waals surface area contributed by atoms with Crippen molar-refractivity contribution in [2.24, 2.45) is 5.41 Å². The van der Waals surface area contributed by atoms with Crippen molar-refractivity contribution in [2.75, 3.05) is 13.3 Å². The average Bonchev–Trinajstić information content (AvgIpc) is 3.35. The number of halogens is 2. The number of oxazole rings is 1. The molecule has 12 heteroatoms. The molecule has 0 saturated heterocycles. The lowest BCUT2D eigenvalue weighted by Gasteiger charge is -2.49. The Balaban J connectivity index is 1.58. The lowest BCUT2D eigenvalue weighted by molar-refractivity contribution is 0.158. The van der Waals surface area contributed by atoms with E-state index in [1.807, 2.05) is 6.92 Å². The average molecular weight is 569 g/mol. The van der Waals surface area contributed by atoms with E-state index in [4.69, 9.17) is 9.40 Å². The fourth-order valence-electron chi connectivity index (χ4n) is 5.46.